The fourth-order valence-electron chi connectivity index (χ4n) is 1.54. The van der Waals surface area contributed by atoms with E-state index in [0.29, 0.717) is 12.5 Å². The highest BCUT2D eigenvalue weighted by Crippen LogP contribution is 2.09. The molecule has 3 heteroatoms. The number of halogens is 1. The minimum absolute atomic E-state index is 0.211. The van der Waals surface area contributed by atoms with Gasteiger partial charge in [-0.3, -0.25) is 4.90 Å². The summed E-state index contributed by atoms with van der Waals surface area (Å²) in [6, 6.07) is 9.05. The molecule has 0 N–H and O–H groups in total. The van der Waals surface area contributed by atoms with Crippen LogP contribution in [0.4, 0.5) is 4.39 Å². The van der Waals surface area contributed by atoms with Crippen molar-refractivity contribution in [2.75, 3.05) is 6.54 Å². The van der Waals surface area contributed by atoms with Gasteiger partial charge in [-0.25, -0.2) is 4.39 Å². The maximum Gasteiger partial charge on any atom is 0.123 e. The summed E-state index contributed by atoms with van der Waals surface area (Å²) in [7, 11) is 0. The van der Waals surface area contributed by atoms with Crippen molar-refractivity contribution in [1.82, 2.24) is 4.90 Å². The van der Waals surface area contributed by atoms with Crippen molar-refractivity contribution >= 4 is 0 Å². The highest BCUT2D eigenvalue weighted by Gasteiger charge is 2.09. The molecule has 0 saturated carbocycles. The molecule has 0 fully saturated rings. The smallest absolute Gasteiger partial charge is 0.123 e. The SMILES string of the molecule is CC(C)N(CCC#N)Cc1ccc(F)cc1. The first kappa shape index (κ1) is 12.7. The molecule has 0 amide bonds. The van der Waals surface area contributed by atoms with Crippen LogP contribution in [0.5, 0.6) is 0 Å². The zero-order valence-electron chi connectivity index (χ0n) is 9.78. The van der Waals surface area contributed by atoms with Crippen LogP contribution in [-0.2, 0) is 6.54 Å². The van der Waals surface area contributed by atoms with Crippen LogP contribution in [0.3, 0.4) is 0 Å². The molecule has 0 atom stereocenters. The molecule has 0 aliphatic carbocycles. The van der Waals surface area contributed by atoms with Crippen LogP contribution >= 0.6 is 0 Å². The van der Waals surface area contributed by atoms with E-state index in [1.165, 1.54) is 12.1 Å². The van der Waals surface area contributed by atoms with Gasteiger partial charge in [0, 0.05) is 25.6 Å². The van der Waals surface area contributed by atoms with E-state index in [0.717, 1.165) is 18.7 Å². The Morgan fingerprint density at radius 3 is 2.44 bits per heavy atom. The lowest BCUT2D eigenvalue weighted by molar-refractivity contribution is 0.218. The predicted octanol–water partition coefficient (Wildman–Crippen LogP) is 2.95. The highest BCUT2D eigenvalue weighted by atomic mass is 19.1. The maximum atomic E-state index is 12.7. The minimum atomic E-state index is -0.211. The Morgan fingerprint density at radius 2 is 1.94 bits per heavy atom. The van der Waals surface area contributed by atoms with E-state index in [9.17, 15) is 4.39 Å². The number of hydrogen-bond donors (Lipinski definition) is 0. The Bertz CT molecular complexity index is 351. The van der Waals surface area contributed by atoms with Gasteiger partial charge in [0.25, 0.3) is 0 Å². The first-order valence-electron chi connectivity index (χ1n) is 5.49. The lowest BCUT2D eigenvalue weighted by Gasteiger charge is -2.25. The number of benzene rings is 1. The molecule has 1 aromatic carbocycles. The van der Waals surface area contributed by atoms with Gasteiger partial charge < -0.3 is 0 Å². The van der Waals surface area contributed by atoms with Crippen LogP contribution in [0.2, 0.25) is 0 Å². The van der Waals surface area contributed by atoms with Gasteiger partial charge in [0.15, 0.2) is 0 Å². The summed E-state index contributed by atoms with van der Waals surface area (Å²) in [5.41, 5.74) is 1.08. The summed E-state index contributed by atoms with van der Waals surface area (Å²) in [4.78, 5) is 2.20. The summed E-state index contributed by atoms with van der Waals surface area (Å²) in [5, 5.41) is 8.57. The van der Waals surface area contributed by atoms with Gasteiger partial charge in [0.2, 0.25) is 0 Å². The van der Waals surface area contributed by atoms with Gasteiger partial charge in [-0.1, -0.05) is 12.1 Å². The van der Waals surface area contributed by atoms with Crippen LogP contribution < -0.4 is 0 Å². The van der Waals surface area contributed by atoms with Crippen LogP contribution in [0, 0.1) is 17.1 Å². The van der Waals surface area contributed by atoms with Gasteiger partial charge in [0.05, 0.1) is 6.07 Å². The first-order valence-corrected chi connectivity index (χ1v) is 5.49. The molecule has 2 nitrogen and oxygen atoms in total. The quantitative estimate of drug-likeness (QED) is 0.762. The fourth-order valence-corrected chi connectivity index (χ4v) is 1.54. The van der Waals surface area contributed by atoms with Gasteiger partial charge in [0.1, 0.15) is 5.82 Å². The second-order valence-corrected chi connectivity index (χ2v) is 4.10. The monoisotopic (exact) mass is 220 g/mol. The zero-order valence-corrected chi connectivity index (χ0v) is 9.78. The van der Waals surface area contributed by atoms with Crippen LogP contribution in [-0.4, -0.2) is 17.5 Å². The average Bonchev–Trinajstić information content (AvgIpc) is 2.26. The molecule has 86 valence electrons. The van der Waals surface area contributed by atoms with Gasteiger partial charge in [-0.05, 0) is 31.5 Å². The van der Waals surface area contributed by atoms with E-state index >= 15 is 0 Å². The number of nitriles is 1. The molecule has 0 spiro atoms. The summed E-state index contributed by atoms with van der Waals surface area (Å²) in [6.45, 7) is 5.72. The summed E-state index contributed by atoms with van der Waals surface area (Å²) in [6.07, 6.45) is 0.527. The van der Waals surface area contributed by atoms with Crippen LogP contribution in [0.1, 0.15) is 25.8 Å². The van der Waals surface area contributed by atoms with Crippen molar-refractivity contribution in [2.45, 2.75) is 32.9 Å². The number of rotatable bonds is 5. The molecule has 0 aliphatic heterocycles. The topological polar surface area (TPSA) is 27.0 Å². The van der Waals surface area contributed by atoms with E-state index in [1.807, 2.05) is 0 Å². The standard InChI is InChI=1S/C13H17FN2/c1-11(2)16(9-3-8-15)10-12-4-6-13(14)7-5-12/h4-7,11H,3,9-10H2,1-2H3. The highest BCUT2D eigenvalue weighted by molar-refractivity contribution is 5.15. The van der Waals surface area contributed by atoms with Gasteiger partial charge in [-0.2, -0.15) is 5.26 Å². The molecule has 0 aliphatic rings. The minimum Gasteiger partial charge on any atom is -0.296 e. The van der Waals surface area contributed by atoms with Crippen LogP contribution in [0.25, 0.3) is 0 Å². The Labute approximate surface area is 96.3 Å². The molecule has 0 unspecified atom stereocenters. The molecule has 0 saturated heterocycles. The third-order valence-electron chi connectivity index (χ3n) is 2.54. The number of hydrogen-bond acceptors (Lipinski definition) is 2. The Morgan fingerprint density at radius 1 is 1.31 bits per heavy atom. The molecule has 16 heavy (non-hydrogen) atoms. The first-order chi connectivity index (χ1) is 7.63. The lowest BCUT2D eigenvalue weighted by atomic mass is 10.2. The third-order valence-corrected chi connectivity index (χ3v) is 2.54. The molecular weight excluding hydrogens is 203 g/mol. The van der Waals surface area contributed by atoms with E-state index in [-0.39, 0.29) is 5.82 Å². The Balaban J connectivity index is 2.61. The molecule has 1 rings (SSSR count). The summed E-state index contributed by atoms with van der Waals surface area (Å²) >= 11 is 0. The molecular formula is C13H17FN2. The van der Waals surface area contributed by atoms with E-state index in [2.05, 4.69) is 24.8 Å². The molecule has 1 aromatic rings. The summed E-state index contributed by atoms with van der Waals surface area (Å²) in [5.74, 6) is -0.211. The number of nitrogens with zero attached hydrogens (tertiary/aromatic N) is 2. The van der Waals surface area contributed by atoms with Crippen molar-refractivity contribution in [2.24, 2.45) is 0 Å². The second kappa shape index (κ2) is 6.24. The lowest BCUT2D eigenvalue weighted by Crippen LogP contribution is -2.31. The molecule has 0 radical (unpaired) electrons. The van der Waals surface area contributed by atoms with Crippen molar-refractivity contribution in [3.8, 4) is 6.07 Å². The van der Waals surface area contributed by atoms with Crippen molar-refractivity contribution < 1.29 is 4.39 Å². The Kier molecular flexibility index (Phi) is 4.94. The molecule has 0 bridgehead atoms. The molecule has 0 heterocycles. The van der Waals surface area contributed by atoms with Gasteiger partial charge >= 0.3 is 0 Å². The van der Waals surface area contributed by atoms with E-state index < -0.39 is 0 Å². The molecule has 0 aromatic heterocycles. The normalized spacial score (nSPS) is 10.8. The predicted molar refractivity (Wildman–Crippen MR) is 62.2 cm³/mol. The van der Waals surface area contributed by atoms with Crippen molar-refractivity contribution in [3.63, 3.8) is 0 Å². The van der Waals surface area contributed by atoms with Gasteiger partial charge in [-0.15, -0.1) is 0 Å². The van der Waals surface area contributed by atoms with Crippen molar-refractivity contribution in [3.05, 3.63) is 35.6 Å². The largest absolute Gasteiger partial charge is 0.296 e. The zero-order chi connectivity index (χ0) is 12.0. The van der Waals surface area contributed by atoms with Crippen molar-refractivity contribution in [1.29, 1.82) is 5.26 Å². The summed E-state index contributed by atoms with van der Waals surface area (Å²) < 4.78 is 12.7. The maximum absolute atomic E-state index is 12.7. The Hall–Kier alpha value is -1.40. The van der Waals surface area contributed by atoms with E-state index in [1.54, 1.807) is 12.1 Å². The third kappa shape index (κ3) is 4.00. The van der Waals surface area contributed by atoms with Crippen LogP contribution in [0.15, 0.2) is 24.3 Å². The van der Waals surface area contributed by atoms with E-state index in [4.69, 9.17) is 5.26 Å². The average molecular weight is 220 g/mol. The second-order valence-electron chi connectivity index (χ2n) is 4.10. The fraction of sp³-hybridized carbons (Fsp3) is 0.462.